The molecule has 0 radical (unpaired) electrons. The Labute approximate surface area is 194 Å². The lowest BCUT2D eigenvalue weighted by atomic mass is 10.2. The first-order valence-corrected chi connectivity index (χ1v) is 13.1. The average Bonchev–Trinajstić information content (AvgIpc) is 2.76. The molecule has 0 saturated heterocycles. The van der Waals surface area contributed by atoms with Gasteiger partial charge >= 0.3 is 0 Å². The summed E-state index contributed by atoms with van der Waals surface area (Å²) in [5.74, 6) is -0.228. The van der Waals surface area contributed by atoms with E-state index in [-0.39, 0.29) is 29.0 Å². The monoisotopic (exact) mass is 475 g/mol. The van der Waals surface area contributed by atoms with E-state index in [9.17, 15) is 18.0 Å². The van der Waals surface area contributed by atoms with Gasteiger partial charge in [0, 0.05) is 30.2 Å². The number of fused-ring (bicyclic) bond motifs is 1. The van der Waals surface area contributed by atoms with Gasteiger partial charge in [0.25, 0.3) is 0 Å². The summed E-state index contributed by atoms with van der Waals surface area (Å²) in [6.45, 7) is 8.44. The summed E-state index contributed by atoms with van der Waals surface area (Å²) in [7, 11) is -3.68. The summed E-state index contributed by atoms with van der Waals surface area (Å²) >= 11 is 1.35. The number of likely N-dealkylation sites (N-methyl/N-ethyl adjacent to an activating group) is 1. The van der Waals surface area contributed by atoms with E-state index in [0.717, 1.165) is 16.1 Å². The molecule has 0 aromatic heterocycles. The van der Waals surface area contributed by atoms with Crippen LogP contribution in [-0.2, 0) is 19.6 Å². The van der Waals surface area contributed by atoms with E-state index in [0.29, 0.717) is 25.3 Å². The summed E-state index contributed by atoms with van der Waals surface area (Å²) in [5, 5.41) is 0. The predicted octanol–water partition coefficient (Wildman–Crippen LogP) is 3.52. The minimum atomic E-state index is -3.68. The van der Waals surface area contributed by atoms with Crippen LogP contribution in [0.25, 0.3) is 0 Å². The molecule has 172 valence electrons. The van der Waals surface area contributed by atoms with Gasteiger partial charge in [0.2, 0.25) is 21.8 Å². The second-order valence-electron chi connectivity index (χ2n) is 7.46. The van der Waals surface area contributed by atoms with Crippen LogP contribution in [0.1, 0.15) is 26.3 Å². The molecule has 2 aromatic carbocycles. The third kappa shape index (κ3) is 4.84. The van der Waals surface area contributed by atoms with Crippen molar-refractivity contribution in [2.24, 2.45) is 0 Å². The highest BCUT2D eigenvalue weighted by Crippen LogP contribution is 2.37. The molecule has 3 rings (SSSR count). The molecule has 0 aliphatic carbocycles. The lowest BCUT2D eigenvalue weighted by Crippen LogP contribution is -2.45. The summed E-state index contributed by atoms with van der Waals surface area (Å²) in [5.41, 5.74) is 2.28. The van der Waals surface area contributed by atoms with Gasteiger partial charge in [0.1, 0.15) is 6.54 Å². The van der Waals surface area contributed by atoms with E-state index in [1.807, 2.05) is 38.1 Å². The summed E-state index contributed by atoms with van der Waals surface area (Å²) in [4.78, 5) is 29.9. The number of hydrogen-bond acceptors (Lipinski definition) is 5. The van der Waals surface area contributed by atoms with Gasteiger partial charge in [0.05, 0.1) is 16.3 Å². The Morgan fingerprint density at radius 1 is 1.06 bits per heavy atom. The Morgan fingerprint density at radius 2 is 1.78 bits per heavy atom. The molecule has 9 heteroatoms. The van der Waals surface area contributed by atoms with Crippen molar-refractivity contribution in [3.63, 3.8) is 0 Å². The Balaban J connectivity index is 1.95. The van der Waals surface area contributed by atoms with Gasteiger partial charge in [-0.05, 0) is 49.7 Å². The molecule has 2 amide bonds. The molecular formula is C23H29N3O4S2. The first-order chi connectivity index (χ1) is 15.2. The standard InChI is InChI=1S/C23H29N3O4S2/c1-5-24(6-2)32(29,30)19-11-12-21-20(14-19)26(23(28)16-31-21)15-22(27)25(7-3)18-10-8-9-17(4)13-18/h8-14H,5-7,15-16H2,1-4H3. The highest BCUT2D eigenvalue weighted by atomic mass is 32.2. The molecule has 0 bridgehead atoms. The van der Waals surface area contributed by atoms with Gasteiger partial charge in [-0.1, -0.05) is 26.0 Å². The number of hydrogen-bond donors (Lipinski definition) is 0. The van der Waals surface area contributed by atoms with Crippen molar-refractivity contribution in [1.29, 1.82) is 0 Å². The normalized spacial score (nSPS) is 13.9. The lowest BCUT2D eigenvalue weighted by Gasteiger charge is -2.31. The van der Waals surface area contributed by atoms with Crippen LogP contribution in [0, 0.1) is 6.92 Å². The fraction of sp³-hybridized carbons (Fsp3) is 0.391. The van der Waals surface area contributed by atoms with Crippen molar-refractivity contribution in [3.05, 3.63) is 48.0 Å². The van der Waals surface area contributed by atoms with Crippen LogP contribution in [0.3, 0.4) is 0 Å². The van der Waals surface area contributed by atoms with Crippen LogP contribution >= 0.6 is 11.8 Å². The van der Waals surface area contributed by atoms with E-state index in [1.165, 1.54) is 27.0 Å². The van der Waals surface area contributed by atoms with E-state index in [2.05, 4.69) is 0 Å². The molecular weight excluding hydrogens is 446 g/mol. The van der Waals surface area contributed by atoms with Gasteiger partial charge in [0.15, 0.2) is 0 Å². The van der Waals surface area contributed by atoms with Crippen molar-refractivity contribution in [3.8, 4) is 0 Å². The van der Waals surface area contributed by atoms with Crippen LogP contribution in [0.2, 0.25) is 0 Å². The molecule has 0 fully saturated rings. The fourth-order valence-corrected chi connectivity index (χ4v) is 6.14. The van der Waals surface area contributed by atoms with E-state index < -0.39 is 10.0 Å². The number of benzene rings is 2. The van der Waals surface area contributed by atoms with Gasteiger partial charge < -0.3 is 9.80 Å². The Morgan fingerprint density at radius 3 is 2.41 bits per heavy atom. The quantitative estimate of drug-likeness (QED) is 0.584. The Hall–Kier alpha value is -2.36. The molecule has 1 aliphatic heterocycles. The summed E-state index contributed by atoms with van der Waals surface area (Å²) < 4.78 is 27.4. The van der Waals surface area contributed by atoms with Crippen molar-refractivity contribution < 1.29 is 18.0 Å². The number of aryl methyl sites for hydroxylation is 1. The topological polar surface area (TPSA) is 78.0 Å². The fourth-order valence-electron chi connectivity index (χ4n) is 3.75. The zero-order valence-corrected chi connectivity index (χ0v) is 20.5. The minimum Gasteiger partial charge on any atom is -0.311 e. The SMILES string of the molecule is CCN(C(=O)CN1C(=O)CSc2ccc(S(=O)(=O)N(CC)CC)cc21)c1cccc(C)c1. The second kappa shape index (κ2) is 10.1. The minimum absolute atomic E-state index is 0.124. The molecule has 0 N–H and O–H groups in total. The van der Waals surface area contributed by atoms with Crippen molar-refractivity contribution in [2.75, 3.05) is 41.7 Å². The highest BCUT2D eigenvalue weighted by Gasteiger charge is 2.31. The maximum absolute atomic E-state index is 13.2. The average molecular weight is 476 g/mol. The van der Waals surface area contributed by atoms with Gasteiger partial charge in [-0.15, -0.1) is 11.8 Å². The molecule has 0 saturated carbocycles. The first-order valence-electron chi connectivity index (χ1n) is 10.7. The second-order valence-corrected chi connectivity index (χ2v) is 10.4. The zero-order valence-electron chi connectivity index (χ0n) is 18.9. The molecule has 0 atom stereocenters. The molecule has 0 spiro atoms. The van der Waals surface area contributed by atoms with Crippen LogP contribution in [0.15, 0.2) is 52.3 Å². The molecule has 2 aromatic rings. The lowest BCUT2D eigenvalue weighted by molar-refractivity contribution is -0.121. The number of carbonyl (C=O) groups is 2. The highest BCUT2D eigenvalue weighted by molar-refractivity contribution is 8.00. The van der Waals surface area contributed by atoms with Crippen molar-refractivity contribution >= 4 is 45.0 Å². The number of anilines is 2. The number of thioether (sulfide) groups is 1. The van der Waals surface area contributed by atoms with Gasteiger partial charge in [-0.2, -0.15) is 4.31 Å². The summed E-state index contributed by atoms with van der Waals surface area (Å²) in [6, 6.07) is 12.5. The third-order valence-electron chi connectivity index (χ3n) is 5.44. The first kappa shape index (κ1) is 24.3. The predicted molar refractivity (Wildman–Crippen MR) is 129 cm³/mol. The number of nitrogens with zero attached hydrogens (tertiary/aromatic N) is 3. The number of rotatable bonds is 8. The largest absolute Gasteiger partial charge is 0.311 e. The molecule has 1 heterocycles. The van der Waals surface area contributed by atoms with Gasteiger partial charge in [-0.3, -0.25) is 9.59 Å². The molecule has 0 unspecified atom stereocenters. The van der Waals surface area contributed by atoms with Crippen LogP contribution < -0.4 is 9.80 Å². The smallest absolute Gasteiger partial charge is 0.247 e. The van der Waals surface area contributed by atoms with Crippen LogP contribution in [0.4, 0.5) is 11.4 Å². The third-order valence-corrected chi connectivity index (χ3v) is 8.53. The maximum Gasteiger partial charge on any atom is 0.247 e. The Bertz CT molecular complexity index is 1110. The van der Waals surface area contributed by atoms with E-state index >= 15 is 0 Å². The van der Waals surface area contributed by atoms with E-state index in [4.69, 9.17) is 0 Å². The molecule has 32 heavy (non-hydrogen) atoms. The van der Waals surface area contributed by atoms with Crippen molar-refractivity contribution in [1.82, 2.24) is 4.31 Å². The summed E-state index contributed by atoms with van der Waals surface area (Å²) in [6.07, 6.45) is 0. The van der Waals surface area contributed by atoms with Crippen molar-refractivity contribution in [2.45, 2.75) is 37.5 Å². The number of amides is 2. The number of carbonyl (C=O) groups excluding carboxylic acids is 2. The van der Waals surface area contributed by atoms with Gasteiger partial charge in [-0.25, -0.2) is 8.42 Å². The molecule has 7 nitrogen and oxygen atoms in total. The van der Waals surface area contributed by atoms with Crippen LogP contribution in [0.5, 0.6) is 0 Å². The van der Waals surface area contributed by atoms with Crippen LogP contribution in [-0.4, -0.2) is 56.5 Å². The molecule has 1 aliphatic rings. The van der Waals surface area contributed by atoms with E-state index in [1.54, 1.807) is 30.9 Å². The maximum atomic E-state index is 13.2. The number of sulfonamides is 1. The zero-order chi connectivity index (χ0) is 23.5. The Kier molecular flexibility index (Phi) is 7.63.